The van der Waals surface area contributed by atoms with E-state index in [9.17, 15) is 4.39 Å². The Bertz CT molecular complexity index is 980. The van der Waals surface area contributed by atoms with Crippen LogP contribution in [0, 0.1) is 0 Å². The number of benzene rings is 3. The molecule has 0 unspecified atom stereocenters. The Morgan fingerprint density at radius 3 is 1.58 bits per heavy atom. The molecule has 0 saturated heterocycles. The lowest BCUT2D eigenvalue weighted by Gasteiger charge is -2.22. The van der Waals surface area contributed by atoms with Crippen LogP contribution in [0.1, 0.15) is 43.6 Å². The molecular weight excluding hydrogens is 430 g/mol. The van der Waals surface area contributed by atoms with Crippen LogP contribution in [0.25, 0.3) is 0 Å². The fraction of sp³-hybridized carbons (Fsp3) is 0.280. The molecule has 0 atom stereocenters. The van der Waals surface area contributed by atoms with Crippen molar-refractivity contribution in [2.45, 2.75) is 38.0 Å². The summed E-state index contributed by atoms with van der Waals surface area (Å²) < 4.78 is 37.8. The molecule has 164 valence electrons. The minimum Gasteiger partial charge on any atom is -0.746 e. The fourth-order valence-corrected chi connectivity index (χ4v) is 6.62. The van der Waals surface area contributed by atoms with E-state index in [-0.39, 0.29) is 0 Å². The molecule has 1 aliphatic carbocycles. The Morgan fingerprint density at radius 1 is 0.742 bits per heavy atom. The van der Waals surface area contributed by atoms with Crippen LogP contribution < -0.4 is 15.9 Å². The second-order valence-electron chi connectivity index (χ2n) is 7.73. The van der Waals surface area contributed by atoms with Crippen LogP contribution >= 0.6 is 7.92 Å². The quantitative estimate of drug-likeness (QED) is 0.412. The highest BCUT2D eigenvalue weighted by Crippen LogP contribution is 2.35. The van der Waals surface area contributed by atoms with Crippen molar-refractivity contribution in [3.63, 3.8) is 0 Å². The van der Waals surface area contributed by atoms with Gasteiger partial charge in [0.05, 0.1) is 7.92 Å². The van der Waals surface area contributed by atoms with Crippen LogP contribution in [-0.2, 0) is 10.1 Å². The van der Waals surface area contributed by atoms with Crippen molar-refractivity contribution in [2.75, 3.05) is 6.01 Å². The van der Waals surface area contributed by atoms with Gasteiger partial charge in [-0.1, -0.05) is 67.8 Å². The van der Waals surface area contributed by atoms with Gasteiger partial charge in [-0.3, -0.25) is 0 Å². The van der Waals surface area contributed by atoms with Gasteiger partial charge in [-0.05, 0) is 60.7 Å². The topological polar surface area (TPSA) is 57.2 Å². The lowest BCUT2D eigenvalue weighted by atomic mass is 9.84. The SMILES string of the molecule is O=S(=O)([O-])CF.c1ccc([PH+](c2ccccc2)c2ccc(C3CCCCC3)cc2)cc1. The van der Waals surface area contributed by atoms with Gasteiger partial charge in [0, 0.05) is 0 Å². The van der Waals surface area contributed by atoms with E-state index in [1.165, 1.54) is 48.0 Å². The van der Waals surface area contributed by atoms with Crippen molar-refractivity contribution < 1.29 is 17.4 Å². The van der Waals surface area contributed by atoms with E-state index < -0.39 is 24.0 Å². The van der Waals surface area contributed by atoms with E-state index in [4.69, 9.17) is 13.0 Å². The number of rotatable bonds is 5. The molecule has 3 nitrogen and oxygen atoms in total. The Balaban J connectivity index is 0.000000401. The van der Waals surface area contributed by atoms with Crippen LogP contribution in [0.3, 0.4) is 0 Å². The summed E-state index contributed by atoms with van der Waals surface area (Å²) in [6, 6.07) is 29.8. The van der Waals surface area contributed by atoms with Gasteiger partial charge in [-0.25, -0.2) is 12.8 Å². The standard InChI is InChI=1S/C24H25P.CH3FO3S/c1-4-10-20(11-5-1)21-16-18-24(19-17-21)25(22-12-6-2-7-13-22)23-14-8-3-9-15-23;2-1-6(3,4)5/h2-3,6-9,12-20H,1,4-5,10-11H2;1H2,(H,3,4,5). The summed E-state index contributed by atoms with van der Waals surface area (Å²) >= 11 is 0. The van der Waals surface area contributed by atoms with Gasteiger partial charge in [0.2, 0.25) is 0 Å². The highest BCUT2D eigenvalue weighted by Gasteiger charge is 2.25. The predicted octanol–water partition coefficient (Wildman–Crippen LogP) is 4.68. The van der Waals surface area contributed by atoms with E-state index in [2.05, 4.69) is 84.9 Å². The zero-order chi connectivity index (χ0) is 22.1. The summed E-state index contributed by atoms with van der Waals surface area (Å²) in [6.07, 6.45) is 6.96. The van der Waals surface area contributed by atoms with Crippen molar-refractivity contribution in [1.29, 1.82) is 0 Å². The third-order valence-corrected chi connectivity index (χ3v) is 8.53. The average molecular weight is 459 g/mol. The molecule has 0 spiro atoms. The molecule has 0 bridgehead atoms. The maximum atomic E-state index is 10.6. The first-order valence-electron chi connectivity index (χ1n) is 10.6. The van der Waals surface area contributed by atoms with Crippen LogP contribution in [-0.4, -0.2) is 19.0 Å². The molecule has 0 heterocycles. The van der Waals surface area contributed by atoms with Gasteiger partial charge in [-0.15, -0.1) is 0 Å². The lowest BCUT2D eigenvalue weighted by molar-refractivity contribution is 0.431. The van der Waals surface area contributed by atoms with Gasteiger partial charge >= 0.3 is 0 Å². The Morgan fingerprint density at radius 2 is 1.16 bits per heavy atom. The number of hydrogen-bond donors (Lipinski definition) is 0. The van der Waals surface area contributed by atoms with E-state index in [1.807, 2.05) is 0 Å². The first-order chi connectivity index (χ1) is 15.0. The molecule has 4 rings (SSSR count). The van der Waals surface area contributed by atoms with Crippen molar-refractivity contribution in [2.24, 2.45) is 0 Å². The molecule has 0 radical (unpaired) electrons. The van der Waals surface area contributed by atoms with Crippen molar-refractivity contribution in [3.05, 3.63) is 90.5 Å². The molecule has 0 amide bonds. The summed E-state index contributed by atoms with van der Waals surface area (Å²) in [5.74, 6) is 0.784. The highest BCUT2D eigenvalue weighted by molar-refractivity contribution is 7.85. The number of halogens is 1. The van der Waals surface area contributed by atoms with Gasteiger partial charge in [0.25, 0.3) is 0 Å². The molecule has 6 heteroatoms. The average Bonchev–Trinajstić information content (AvgIpc) is 2.82. The molecule has 0 aliphatic heterocycles. The fourth-order valence-electron chi connectivity index (χ4n) is 4.07. The lowest BCUT2D eigenvalue weighted by Crippen LogP contribution is -2.20. The monoisotopic (exact) mass is 458 g/mol. The smallest absolute Gasteiger partial charge is 0.179 e. The summed E-state index contributed by atoms with van der Waals surface area (Å²) in [4.78, 5) is 0. The van der Waals surface area contributed by atoms with Crippen LogP contribution in [0.2, 0.25) is 0 Å². The predicted molar refractivity (Wildman–Crippen MR) is 128 cm³/mol. The molecule has 31 heavy (non-hydrogen) atoms. The second-order valence-corrected chi connectivity index (χ2v) is 11.5. The largest absolute Gasteiger partial charge is 0.746 e. The molecule has 0 aromatic heterocycles. The summed E-state index contributed by atoms with van der Waals surface area (Å²) in [5.41, 5.74) is 1.55. The van der Waals surface area contributed by atoms with Crippen LogP contribution in [0.4, 0.5) is 4.39 Å². The maximum absolute atomic E-state index is 10.6. The Labute approximate surface area is 185 Å². The van der Waals surface area contributed by atoms with Crippen molar-refractivity contribution in [3.8, 4) is 0 Å². The molecular formula is C25H28FO3PS. The van der Waals surface area contributed by atoms with Gasteiger partial charge in [-0.2, -0.15) is 0 Å². The van der Waals surface area contributed by atoms with Gasteiger partial charge < -0.3 is 4.55 Å². The van der Waals surface area contributed by atoms with Crippen LogP contribution in [0.15, 0.2) is 84.9 Å². The normalized spacial score (nSPS) is 14.7. The van der Waals surface area contributed by atoms with E-state index >= 15 is 0 Å². The summed E-state index contributed by atoms with van der Waals surface area (Å²) in [7, 11) is -5.50. The van der Waals surface area contributed by atoms with E-state index in [0.29, 0.717) is 0 Å². The van der Waals surface area contributed by atoms with Gasteiger partial charge in [0.15, 0.2) is 6.01 Å². The Kier molecular flexibility index (Phi) is 8.77. The third-order valence-electron chi connectivity index (χ3n) is 5.53. The van der Waals surface area contributed by atoms with Crippen molar-refractivity contribution in [1.82, 2.24) is 0 Å². The van der Waals surface area contributed by atoms with E-state index in [0.717, 1.165) is 5.92 Å². The van der Waals surface area contributed by atoms with Crippen molar-refractivity contribution >= 4 is 34.0 Å². The second kappa shape index (κ2) is 11.5. The summed E-state index contributed by atoms with van der Waals surface area (Å²) in [6.45, 7) is 0. The molecule has 1 fully saturated rings. The molecule has 3 aromatic rings. The zero-order valence-electron chi connectivity index (χ0n) is 17.4. The highest BCUT2D eigenvalue weighted by atomic mass is 32.2. The minimum atomic E-state index is -4.58. The van der Waals surface area contributed by atoms with Gasteiger partial charge in [0.1, 0.15) is 26.0 Å². The number of alkyl halides is 1. The Hall–Kier alpha value is -2.07. The first-order valence-corrected chi connectivity index (χ1v) is 13.6. The van der Waals surface area contributed by atoms with E-state index in [1.54, 1.807) is 5.56 Å². The third kappa shape index (κ3) is 7.24. The molecule has 0 N–H and O–H groups in total. The molecule has 3 aromatic carbocycles. The summed E-state index contributed by atoms with van der Waals surface area (Å²) in [5, 5.41) is 4.41. The zero-order valence-corrected chi connectivity index (χ0v) is 19.2. The minimum absolute atomic E-state index is 0.784. The van der Waals surface area contributed by atoms with Crippen LogP contribution in [0.5, 0.6) is 0 Å². The maximum Gasteiger partial charge on any atom is 0.179 e. The molecule has 1 aliphatic rings. The number of hydrogen-bond acceptors (Lipinski definition) is 3. The first kappa shape index (κ1) is 23.6. The molecule has 1 saturated carbocycles.